The lowest BCUT2D eigenvalue weighted by Crippen LogP contribution is -2.05. The molecule has 0 atom stereocenters. The Balaban J connectivity index is 1.78. The molecular weight excluding hydrogens is 332 g/mol. The maximum Gasteiger partial charge on any atom is 0.320 e. The van der Waals surface area contributed by atoms with Crippen LogP contribution in [0.25, 0.3) is 11.5 Å². The number of nitrogens with one attached hydrogen (secondary N) is 2. The van der Waals surface area contributed by atoms with Crippen molar-refractivity contribution in [2.24, 2.45) is 0 Å². The summed E-state index contributed by atoms with van der Waals surface area (Å²) in [5.74, 6) is 0.167. The largest absolute Gasteiger partial charge is 0.506 e. The number of benzene rings is 2. The van der Waals surface area contributed by atoms with Gasteiger partial charge in [0.05, 0.1) is 5.69 Å². The second kappa shape index (κ2) is 6.59. The van der Waals surface area contributed by atoms with Crippen LogP contribution in [-0.2, 0) is 4.79 Å². The van der Waals surface area contributed by atoms with Crippen molar-refractivity contribution in [1.29, 1.82) is 0 Å². The van der Waals surface area contributed by atoms with E-state index in [0.717, 1.165) is 0 Å². The van der Waals surface area contributed by atoms with E-state index in [1.807, 2.05) is 0 Å². The van der Waals surface area contributed by atoms with Crippen molar-refractivity contribution in [3.05, 3.63) is 47.5 Å². The van der Waals surface area contributed by atoms with Crippen LogP contribution < -0.4 is 10.6 Å². The van der Waals surface area contributed by atoms with Crippen molar-refractivity contribution in [2.45, 2.75) is 6.92 Å². The van der Waals surface area contributed by atoms with Crippen molar-refractivity contribution in [1.82, 2.24) is 10.2 Å². The molecule has 122 valence electrons. The molecule has 0 aliphatic carbocycles. The number of halogens is 1. The number of carbonyl (C=O) groups is 1. The van der Waals surface area contributed by atoms with Crippen LogP contribution in [0.5, 0.6) is 5.75 Å². The third-order valence-electron chi connectivity index (χ3n) is 3.08. The fraction of sp³-hybridized carbons (Fsp3) is 0.0625. The summed E-state index contributed by atoms with van der Waals surface area (Å²) in [5.41, 5.74) is 1.73. The van der Waals surface area contributed by atoms with E-state index < -0.39 is 0 Å². The van der Waals surface area contributed by atoms with Crippen LogP contribution in [0, 0.1) is 0 Å². The van der Waals surface area contributed by atoms with Gasteiger partial charge in [-0.1, -0.05) is 16.7 Å². The standard InChI is InChI=1S/C16H13ClN4O3/c1-9(22)18-12-5-2-10(3-6-12)15-20-21-16(24-15)19-13-8-11(17)4-7-14(13)23/h2-8,23H,1H3,(H,18,22)(H,19,21). The highest BCUT2D eigenvalue weighted by Crippen LogP contribution is 2.30. The molecule has 1 amide bonds. The molecule has 0 unspecified atom stereocenters. The minimum Gasteiger partial charge on any atom is -0.506 e. The van der Waals surface area contributed by atoms with Crippen LogP contribution in [0.1, 0.15) is 6.92 Å². The molecular formula is C16H13ClN4O3. The third kappa shape index (κ3) is 3.64. The number of phenolic OH excluding ortho intramolecular Hbond substituents is 1. The van der Waals surface area contributed by atoms with Gasteiger partial charge in [0.1, 0.15) is 5.75 Å². The summed E-state index contributed by atoms with van der Waals surface area (Å²) < 4.78 is 5.51. The molecule has 3 aromatic rings. The number of aromatic nitrogens is 2. The minimum atomic E-state index is -0.145. The van der Waals surface area contributed by atoms with E-state index in [1.54, 1.807) is 36.4 Å². The number of hydrogen-bond acceptors (Lipinski definition) is 6. The lowest BCUT2D eigenvalue weighted by molar-refractivity contribution is -0.114. The van der Waals surface area contributed by atoms with Gasteiger partial charge in [0.2, 0.25) is 11.8 Å². The fourth-order valence-electron chi connectivity index (χ4n) is 2.01. The number of amides is 1. The normalized spacial score (nSPS) is 10.4. The second-order valence-corrected chi connectivity index (χ2v) is 5.39. The van der Waals surface area contributed by atoms with Crippen molar-refractivity contribution >= 4 is 34.9 Å². The van der Waals surface area contributed by atoms with Gasteiger partial charge in [-0.15, -0.1) is 5.10 Å². The number of carbonyl (C=O) groups excluding carboxylic acids is 1. The monoisotopic (exact) mass is 344 g/mol. The molecule has 24 heavy (non-hydrogen) atoms. The quantitative estimate of drug-likeness (QED) is 0.622. The molecule has 0 aliphatic heterocycles. The van der Waals surface area contributed by atoms with Crippen molar-refractivity contribution in [2.75, 3.05) is 10.6 Å². The van der Waals surface area contributed by atoms with Crippen LogP contribution in [0.4, 0.5) is 17.4 Å². The predicted molar refractivity (Wildman–Crippen MR) is 90.4 cm³/mol. The number of aromatic hydroxyl groups is 1. The van der Waals surface area contributed by atoms with Crippen LogP contribution >= 0.6 is 11.6 Å². The number of phenols is 1. The van der Waals surface area contributed by atoms with Gasteiger partial charge in [-0.05, 0) is 42.5 Å². The van der Waals surface area contributed by atoms with Gasteiger partial charge in [0.15, 0.2) is 0 Å². The summed E-state index contributed by atoms with van der Waals surface area (Å²) in [4.78, 5) is 11.0. The van der Waals surface area contributed by atoms with E-state index in [-0.39, 0.29) is 17.7 Å². The zero-order valence-electron chi connectivity index (χ0n) is 12.6. The van der Waals surface area contributed by atoms with E-state index >= 15 is 0 Å². The third-order valence-corrected chi connectivity index (χ3v) is 3.31. The molecule has 0 spiro atoms. The van der Waals surface area contributed by atoms with E-state index in [2.05, 4.69) is 20.8 Å². The van der Waals surface area contributed by atoms with Gasteiger partial charge < -0.3 is 20.2 Å². The number of hydrogen-bond donors (Lipinski definition) is 3. The molecule has 3 N–H and O–H groups in total. The van der Waals surface area contributed by atoms with E-state index in [9.17, 15) is 9.90 Å². The Kier molecular flexibility index (Phi) is 4.35. The zero-order chi connectivity index (χ0) is 17.1. The average molecular weight is 345 g/mol. The van der Waals surface area contributed by atoms with Crippen LogP contribution in [0.15, 0.2) is 46.9 Å². The molecule has 0 aliphatic rings. The van der Waals surface area contributed by atoms with Gasteiger partial charge in [-0.2, -0.15) is 0 Å². The minimum absolute atomic E-state index is 0.0128. The first-order valence-electron chi connectivity index (χ1n) is 6.98. The van der Waals surface area contributed by atoms with Crippen LogP contribution in [-0.4, -0.2) is 21.2 Å². The Hall–Kier alpha value is -3.06. The first-order chi connectivity index (χ1) is 11.5. The molecule has 1 heterocycles. The number of rotatable bonds is 4. The molecule has 0 saturated heterocycles. The summed E-state index contributed by atoms with van der Waals surface area (Å²) in [6, 6.07) is 11.7. The Bertz CT molecular complexity index is 877. The number of anilines is 3. The molecule has 2 aromatic carbocycles. The summed E-state index contributed by atoms with van der Waals surface area (Å²) in [6.45, 7) is 1.44. The molecule has 0 radical (unpaired) electrons. The predicted octanol–water partition coefficient (Wildman–Crippen LogP) is 3.80. The van der Waals surface area contributed by atoms with Gasteiger partial charge in [-0.3, -0.25) is 4.79 Å². The highest BCUT2D eigenvalue weighted by Gasteiger charge is 2.11. The van der Waals surface area contributed by atoms with E-state index in [1.165, 1.54) is 13.0 Å². The van der Waals surface area contributed by atoms with Gasteiger partial charge in [0.25, 0.3) is 0 Å². The van der Waals surface area contributed by atoms with E-state index in [0.29, 0.717) is 27.9 Å². The molecule has 3 rings (SSSR count). The smallest absolute Gasteiger partial charge is 0.320 e. The Labute approximate surface area is 142 Å². The molecule has 0 bridgehead atoms. The van der Waals surface area contributed by atoms with Crippen molar-refractivity contribution in [3.63, 3.8) is 0 Å². The number of nitrogens with zero attached hydrogens (tertiary/aromatic N) is 2. The Morgan fingerprint density at radius 2 is 1.92 bits per heavy atom. The summed E-state index contributed by atoms with van der Waals surface area (Å²) in [6.07, 6.45) is 0. The molecule has 0 fully saturated rings. The first-order valence-corrected chi connectivity index (χ1v) is 7.36. The Morgan fingerprint density at radius 1 is 1.17 bits per heavy atom. The molecule has 1 aromatic heterocycles. The summed E-state index contributed by atoms with van der Waals surface area (Å²) in [5, 5.41) is 23.5. The lowest BCUT2D eigenvalue weighted by atomic mass is 10.2. The maximum absolute atomic E-state index is 11.0. The highest BCUT2D eigenvalue weighted by atomic mass is 35.5. The Morgan fingerprint density at radius 3 is 2.62 bits per heavy atom. The zero-order valence-corrected chi connectivity index (χ0v) is 13.3. The molecule has 7 nitrogen and oxygen atoms in total. The topological polar surface area (TPSA) is 100 Å². The molecule has 8 heteroatoms. The average Bonchev–Trinajstić information content (AvgIpc) is 3.00. The molecule has 0 saturated carbocycles. The SMILES string of the molecule is CC(=O)Nc1ccc(-c2nnc(Nc3cc(Cl)ccc3O)o2)cc1. The summed E-state index contributed by atoms with van der Waals surface area (Å²) >= 11 is 5.89. The highest BCUT2D eigenvalue weighted by molar-refractivity contribution is 6.30. The first kappa shape index (κ1) is 15.8. The van der Waals surface area contributed by atoms with Crippen LogP contribution in [0.2, 0.25) is 5.02 Å². The van der Waals surface area contributed by atoms with Gasteiger partial charge >= 0.3 is 6.01 Å². The van der Waals surface area contributed by atoms with Crippen LogP contribution in [0.3, 0.4) is 0 Å². The summed E-state index contributed by atoms with van der Waals surface area (Å²) in [7, 11) is 0. The van der Waals surface area contributed by atoms with Crippen molar-refractivity contribution in [3.8, 4) is 17.2 Å². The second-order valence-electron chi connectivity index (χ2n) is 4.96. The van der Waals surface area contributed by atoms with E-state index in [4.69, 9.17) is 16.0 Å². The fourth-order valence-corrected chi connectivity index (χ4v) is 2.19. The van der Waals surface area contributed by atoms with Crippen molar-refractivity contribution < 1.29 is 14.3 Å². The maximum atomic E-state index is 11.0. The van der Waals surface area contributed by atoms with Gasteiger partial charge in [0, 0.05) is 23.2 Å². The van der Waals surface area contributed by atoms with Gasteiger partial charge in [-0.25, -0.2) is 0 Å². The lowest BCUT2D eigenvalue weighted by Gasteiger charge is -2.04.